The first-order valence-corrected chi connectivity index (χ1v) is 9.28. The Balaban J connectivity index is 1.63. The van der Waals surface area contributed by atoms with Gasteiger partial charge in [0.1, 0.15) is 4.88 Å². The smallest absolute Gasteiger partial charge is 0.348 e. The van der Waals surface area contributed by atoms with Crippen molar-refractivity contribution in [3.05, 3.63) is 39.3 Å². The van der Waals surface area contributed by atoms with Crippen LogP contribution in [-0.4, -0.2) is 41.4 Å². The van der Waals surface area contributed by atoms with E-state index in [4.69, 9.17) is 4.74 Å². The number of benzene rings is 1. The zero-order chi connectivity index (χ0) is 18.8. The number of piperidine rings is 1. The Bertz CT molecular complexity index is 852. The van der Waals surface area contributed by atoms with Gasteiger partial charge in [-0.25, -0.2) is 4.79 Å². The molecule has 0 aliphatic carbocycles. The summed E-state index contributed by atoms with van der Waals surface area (Å²) in [5, 5.41) is 11.4. The third-order valence-electron chi connectivity index (χ3n) is 4.46. The van der Waals surface area contributed by atoms with E-state index in [2.05, 4.69) is 13.8 Å². The van der Waals surface area contributed by atoms with Crippen LogP contribution in [0.5, 0.6) is 0 Å². The average molecular weight is 376 g/mol. The molecule has 1 aliphatic heterocycles. The average Bonchev–Trinajstić information content (AvgIpc) is 3.01. The second-order valence-corrected chi connectivity index (χ2v) is 7.99. The number of amides is 1. The molecule has 0 N–H and O–H groups in total. The molecular weight excluding hydrogens is 356 g/mol. The second-order valence-electron chi connectivity index (χ2n) is 6.91. The predicted molar refractivity (Wildman–Crippen MR) is 98.3 cm³/mol. The van der Waals surface area contributed by atoms with Gasteiger partial charge in [-0.2, -0.15) is 0 Å². The highest BCUT2D eigenvalue weighted by atomic mass is 32.1. The summed E-state index contributed by atoms with van der Waals surface area (Å²) in [7, 11) is 0. The van der Waals surface area contributed by atoms with Crippen LogP contribution in [0.1, 0.15) is 29.9 Å². The Labute approximate surface area is 154 Å². The molecule has 2 atom stereocenters. The van der Waals surface area contributed by atoms with Gasteiger partial charge in [0.25, 0.3) is 11.6 Å². The van der Waals surface area contributed by atoms with E-state index >= 15 is 0 Å². The fourth-order valence-electron chi connectivity index (χ4n) is 3.40. The maximum atomic E-state index is 12.3. The van der Waals surface area contributed by atoms with Crippen molar-refractivity contribution in [1.82, 2.24) is 4.90 Å². The quantitative estimate of drug-likeness (QED) is 0.463. The van der Waals surface area contributed by atoms with Gasteiger partial charge in [-0.05, 0) is 30.4 Å². The van der Waals surface area contributed by atoms with Crippen LogP contribution in [0.4, 0.5) is 5.69 Å². The Morgan fingerprint density at radius 2 is 1.96 bits per heavy atom. The third kappa shape index (κ3) is 4.01. The van der Waals surface area contributed by atoms with Gasteiger partial charge in [-0.1, -0.05) is 13.8 Å². The summed E-state index contributed by atoms with van der Waals surface area (Å²) in [6, 6.07) is 5.99. The lowest BCUT2D eigenvalue weighted by Crippen LogP contribution is -2.44. The molecule has 3 rings (SSSR count). The number of carbonyl (C=O) groups is 2. The van der Waals surface area contributed by atoms with E-state index in [0.29, 0.717) is 35.2 Å². The second kappa shape index (κ2) is 7.41. The standard InChI is InChI=1S/C18H20N2O5S/c1-11-5-12(2)9-19(8-11)17(21)10-25-18(22)16-7-13-6-14(20(23)24)3-4-15(13)26-16/h3-4,6-7,11-12H,5,8-10H2,1-2H3/t11-,12-/m1/s1. The summed E-state index contributed by atoms with van der Waals surface area (Å²) in [6.07, 6.45) is 1.09. The largest absolute Gasteiger partial charge is 0.451 e. The van der Waals surface area contributed by atoms with Crippen molar-refractivity contribution in [2.24, 2.45) is 11.8 Å². The Kier molecular flexibility index (Phi) is 5.22. The van der Waals surface area contributed by atoms with Gasteiger partial charge < -0.3 is 9.64 Å². The predicted octanol–water partition coefficient (Wildman–Crippen LogP) is 3.47. The van der Waals surface area contributed by atoms with E-state index in [1.165, 1.54) is 23.5 Å². The first-order chi connectivity index (χ1) is 12.3. The van der Waals surface area contributed by atoms with Gasteiger partial charge in [-0.3, -0.25) is 14.9 Å². The van der Waals surface area contributed by atoms with E-state index in [-0.39, 0.29) is 18.2 Å². The van der Waals surface area contributed by atoms with Crippen LogP contribution < -0.4 is 0 Å². The summed E-state index contributed by atoms with van der Waals surface area (Å²) in [5.74, 6) is 0.113. The Morgan fingerprint density at radius 1 is 1.27 bits per heavy atom. The lowest BCUT2D eigenvalue weighted by atomic mass is 9.92. The summed E-state index contributed by atoms with van der Waals surface area (Å²) in [4.78, 5) is 37.0. The topological polar surface area (TPSA) is 89.8 Å². The van der Waals surface area contributed by atoms with Crippen molar-refractivity contribution in [1.29, 1.82) is 0 Å². The van der Waals surface area contributed by atoms with E-state index in [1.807, 2.05) is 0 Å². The fourth-order valence-corrected chi connectivity index (χ4v) is 4.34. The fraction of sp³-hybridized carbons (Fsp3) is 0.444. The summed E-state index contributed by atoms with van der Waals surface area (Å²) in [5.41, 5.74) is -0.0290. The number of esters is 1. The van der Waals surface area contributed by atoms with Crippen molar-refractivity contribution < 1.29 is 19.2 Å². The van der Waals surface area contributed by atoms with Crippen LogP contribution in [0.3, 0.4) is 0 Å². The summed E-state index contributed by atoms with van der Waals surface area (Å²) < 4.78 is 5.92. The number of nitro groups is 1. The number of nitrogens with zero attached hydrogens (tertiary/aromatic N) is 2. The number of hydrogen-bond donors (Lipinski definition) is 0. The number of non-ortho nitro benzene ring substituents is 1. The minimum Gasteiger partial charge on any atom is -0.451 e. The minimum atomic E-state index is -0.583. The molecule has 26 heavy (non-hydrogen) atoms. The number of likely N-dealkylation sites (tertiary alicyclic amines) is 1. The SMILES string of the molecule is C[C@@H]1C[C@@H](C)CN(C(=O)COC(=O)c2cc3cc([N+](=O)[O-])ccc3s2)C1. The van der Waals surface area contributed by atoms with E-state index in [9.17, 15) is 19.7 Å². The van der Waals surface area contributed by atoms with E-state index in [1.54, 1.807) is 17.0 Å². The zero-order valence-electron chi connectivity index (χ0n) is 14.6. The molecule has 0 spiro atoms. The van der Waals surface area contributed by atoms with Gasteiger partial charge in [0, 0.05) is 35.3 Å². The van der Waals surface area contributed by atoms with Crippen molar-refractivity contribution in [3.8, 4) is 0 Å². The third-order valence-corrected chi connectivity index (χ3v) is 5.56. The maximum Gasteiger partial charge on any atom is 0.348 e. The molecular formula is C18H20N2O5S. The summed E-state index contributed by atoms with van der Waals surface area (Å²) >= 11 is 1.19. The van der Waals surface area contributed by atoms with E-state index < -0.39 is 10.9 Å². The normalized spacial score (nSPS) is 20.2. The molecule has 0 unspecified atom stereocenters. The molecule has 138 valence electrons. The van der Waals surface area contributed by atoms with E-state index in [0.717, 1.165) is 11.1 Å². The molecule has 1 amide bonds. The molecule has 2 aromatic rings. The van der Waals surface area contributed by atoms with Crippen molar-refractivity contribution in [2.45, 2.75) is 20.3 Å². The molecule has 1 aromatic heterocycles. The first kappa shape index (κ1) is 18.3. The summed E-state index contributed by atoms with van der Waals surface area (Å²) in [6.45, 7) is 5.31. The lowest BCUT2D eigenvalue weighted by molar-refractivity contribution is -0.384. The van der Waals surface area contributed by atoms with Crippen LogP contribution in [0.15, 0.2) is 24.3 Å². The maximum absolute atomic E-state index is 12.3. The highest BCUT2D eigenvalue weighted by molar-refractivity contribution is 7.20. The molecule has 0 saturated carbocycles. The number of hydrogen-bond acceptors (Lipinski definition) is 6. The van der Waals surface area contributed by atoms with Crippen LogP contribution in [-0.2, 0) is 9.53 Å². The highest BCUT2D eigenvalue weighted by Crippen LogP contribution is 2.29. The van der Waals surface area contributed by atoms with Crippen LogP contribution in [0, 0.1) is 22.0 Å². The number of ether oxygens (including phenoxy) is 1. The molecule has 1 aliphatic rings. The molecule has 7 nitrogen and oxygen atoms in total. The Hall–Kier alpha value is -2.48. The molecule has 0 radical (unpaired) electrons. The number of carbonyl (C=O) groups excluding carboxylic acids is 2. The number of fused-ring (bicyclic) bond motifs is 1. The van der Waals surface area contributed by atoms with Crippen molar-refractivity contribution >= 4 is 39.0 Å². The lowest BCUT2D eigenvalue weighted by Gasteiger charge is -2.34. The number of thiophene rings is 1. The van der Waals surface area contributed by atoms with Crippen molar-refractivity contribution in [2.75, 3.05) is 19.7 Å². The molecule has 1 aromatic carbocycles. The monoisotopic (exact) mass is 376 g/mol. The molecule has 2 heterocycles. The van der Waals surface area contributed by atoms with Crippen LogP contribution >= 0.6 is 11.3 Å². The van der Waals surface area contributed by atoms with Gasteiger partial charge in [-0.15, -0.1) is 11.3 Å². The minimum absolute atomic E-state index is 0.0290. The van der Waals surface area contributed by atoms with Gasteiger partial charge in [0.15, 0.2) is 6.61 Å². The van der Waals surface area contributed by atoms with Gasteiger partial charge >= 0.3 is 5.97 Å². The van der Waals surface area contributed by atoms with Gasteiger partial charge in [0.05, 0.1) is 4.92 Å². The molecule has 8 heteroatoms. The van der Waals surface area contributed by atoms with Crippen molar-refractivity contribution in [3.63, 3.8) is 0 Å². The molecule has 0 bridgehead atoms. The van der Waals surface area contributed by atoms with Crippen LogP contribution in [0.2, 0.25) is 0 Å². The molecule has 1 fully saturated rings. The number of rotatable bonds is 4. The molecule has 1 saturated heterocycles. The first-order valence-electron chi connectivity index (χ1n) is 8.46. The van der Waals surface area contributed by atoms with Gasteiger partial charge in [0.2, 0.25) is 0 Å². The number of nitro benzene ring substituents is 1. The van der Waals surface area contributed by atoms with Crippen LogP contribution in [0.25, 0.3) is 10.1 Å². The zero-order valence-corrected chi connectivity index (χ0v) is 15.5. The highest BCUT2D eigenvalue weighted by Gasteiger charge is 2.26. The Morgan fingerprint density at radius 3 is 2.62 bits per heavy atom.